The van der Waals surface area contributed by atoms with E-state index in [0.717, 1.165) is 46.4 Å². The summed E-state index contributed by atoms with van der Waals surface area (Å²) in [5.41, 5.74) is 2.84. The van der Waals surface area contributed by atoms with E-state index in [1.54, 1.807) is 0 Å². The van der Waals surface area contributed by atoms with Crippen LogP contribution in [0.1, 0.15) is 39.4 Å². The second kappa shape index (κ2) is 6.26. The van der Waals surface area contributed by atoms with Crippen LogP contribution in [0.2, 0.25) is 0 Å². The zero-order chi connectivity index (χ0) is 20.2. The van der Waals surface area contributed by atoms with E-state index in [-0.39, 0.29) is 26.1 Å². The van der Waals surface area contributed by atoms with Crippen molar-refractivity contribution in [1.29, 1.82) is 0 Å². The van der Waals surface area contributed by atoms with Crippen LogP contribution in [-0.2, 0) is 15.6 Å². The van der Waals surface area contributed by atoms with E-state index < -0.39 is 5.41 Å². The van der Waals surface area contributed by atoms with Gasteiger partial charge < -0.3 is 24.9 Å². The van der Waals surface area contributed by atoms with Crippen LogP contribution in [0.3, 0.4) is 0 Å². The summed E-state index contributed by atoms with van der Waals surface area (Å²) in [6.45, 7) is 4.26. The van der Waals surface area contributed by atoms with E-state index in [0.29, 0.717) is 5.75 Å². The maximum Gasteiger partial charge on any atom is 0.235 e. The summed E-state index contributed by atoms with van der Waals surface area (Å²) < 4.78 is 10.8. The Morgan fingerprint density at radius 2 is 1.97 bits per heavy atom. The molecule has 1 saturated carbocycles. The lowest BCUT2D eigenvalue weighted by atomic mass is 9.91. The number of carbonyl (C=O) groups excluding carboxylic acids is 1. The van der Waals surface area contributed by atoms with E-state index in [1.807, 2.05) is 56.3 Å². The summed E-state index contributed by atoms with van der Waals surface area (Å²) in [6, 6.07) is 13.6. The van der Waals surface area contributed by atoms with Crippen LogP contribution < -0.4 is 14.8 Å². The standard InChI is InChI=1S/C23H24N2O4.H2/c1-22(2,12-26)20-10-14-9-16(4-5-17(14)25-20)24-21(27)23(7-8-23)15-3-6-18-19(11-15)29-13-28-18;/h3-6,9-11,25-26H,7-8,12-13H2,1-2H3,(H,24,27);1H. The Morgan fingerprint density at radius 1 is 1.17 bits per heavy atom. The molecule has 0 unspecified atom stereocenters. The molecule has 2 heterocycles. The highest BCUT2D eigenvalue weighted by atomic mass is 16.7. The number of amides is 1. The normalized spacial score (nSPS) is 16.8. The highest BCUT2D eigenvalue weighted by Gasteiger charge is 2.51. The molecule has 2 aromatic carbocycles. The number of aliphatic hydroxyl groups is 1. The van der Waals surface area contributed by atoms with Crippen LogP contribution in [0.15, 0.2) is 42.5 Å². The van der Waals surface area contributed by atoms with Gasteiger partial charge in [-0.2, -0.15) is 0 Å². The fourth-order valence-electron chi connectivity index (χ4n) is 3.88. The molecule has 5 rings (SSSR count). The average Bonchev–Trinajstić information content (AvgIpc) is 3.20. The monoisotopic (exact) mass is 394 g/mol. The Hall–Kier alpha value is -2.99. The molecule has 6 nitrogen and oxygen atoms in total. The number of aromatic nitrogens is 1. The fraction of sp³-hybridized carbons (Fsp3) is 0.348. The number of hydrogen-bond acceptors (Lipinski definition) is 4. The van der Waals surface area contributed by atoms with Crippen LogP contribution in [0.25, 0.3) is 10.9 Å². The number of aliphatic hydroxyl groups excluding tert-OH is 1. The van der Waals surface area contributed by atoms with Gasteiger partial charge in [0, 0.05) is 29.1 Å². The lowest BCUT2D eigenvalue weighted by Crippen LogP contribution is -2.27. The van der Waals surface area contributed by atoms with Crippen LogP contribution in [0.5, 0.6) is 11.5 Å². The number of H-pyrrole nitrogens is 1. The van der Waals surface area contributed by atoms with Crippen molar-refractivity contribution in [2.75, 3.05) is 18.7 Å². The average molecular weight is 394 g/mol. The number of fused-ring (bicyclic) bond motifs is 2. The third kappa shape index (κ3) is 2.95. The minimum atomic E-state index is -0.502. The van der Waals surface area contributed by atoms with Gasteiger partial charge >= 0.3 is 0 Å². The maximum absolute atomic E-state index is 13.1. The smallest absolute Gasteiger partial charge is 0.235 e. The van der Waals surface area contributed by atoms with Crippen molar-refractivity contribution < 1.29 is 20.8 Å². The van der Waals surface area contributed by atoms with Gasteiger partial charge in [-0.25, -0.2) is 0 Å². The molecule has 1 aliphatic heterocycles. The fourth-order valence-corrected chi connectivity index (χ4v) is 3.88. The van der Waals surface area contributed by atoms with Crippen molar-refractivity contribution in [3.05, 3.63) is 53.7 Å². The molecule has 0 spiro atoms. The molecule has 0 bridgehead atoms. The Morgan fingerprint density at radius 3 is 2.72 bits per heavy atom. The van der Waals surface area contributed by atoms with Crippen LogP contribution >= 0.6 is 0 Å². The van der Waals surface area contributed by atoms with Crippen molar-refractivity contribution in [3.63, 3.8) is 0 Å². The quantitative estimate of drug-likeness (QED) is 0.609. The number of benzene rings is 2. The number of aromatic amines is 1. The van der Waals surface area contributed by atoms with Crippen molar-refractivity contribution in [2.45, 2.75) is 37.5 Å². The van der Waals surface area contributed by atoms with Crippen molar-refractivity contribution in [2.24, 2.45) is 0 Å². The van der Waals surface area contributed by atoms with E-state index >= 15 is 0 Å². The van der Waals surface area contributed by atoms with E-state index in [4.69, 9.17) is 9.47 Å². The Bertz CT molecular complexity index is 1120. The van der Waals surface area contributed by atoms with Crippen LogP contribution in [0.4, 0.5) is 5.69 Å². The summed E-state index contributed by atoms with van der Waals surface area (Å²) >= 11 is 0. The first kappa shape index (κ1) is 18.1. The molecule has 2 aliphatic rings. The molecule has 152 valence electrons. The number of hydrogen-bond donors (Lipinski definition) is 3. The second-order valence-electron chi connectivity index (χ2n) is 8.63. The highest BCUT2D eigenvalue weighted by molar-refractivity contribution is 6.02. The van der Waals surface area contributed by atoms with Gasteiger partial charge in [0.1, 0.15) is 0 Å². The number of nitrogens with one attached hydrogen (secondary N) is 2. The van der Waals surface area contributed by atoms with Crippen molar-refractivity contribution >= 4 is 22.5 Å². The van der Waals surface area contributed by atoms with Crippen LogP contribution in [-0.4, -0.2) is 29.4 Å². The zero-order valence-electron chi connectivity index (χ0n) is 16.5. The van der Waals surface area contributed by atoms with E-state index in [1.165, 1.54) is 0 Å². The number of carbonyl (C=O) groups is 1. The molecule has 1 amide bonds. The first-order valence-electron chi connectivity index (χ1n) is 9.87. The molecule has 6 heteroatoms. The summed E-state index contributed by atoms with van der Waals surface area (Å²) in [7, 11) is 0. The van der Waals surface area contributed by atoms with Gasteiger partial charge in [0.2, 0.25) is 12.7 Å². The first-order valence-corrected chi connectivity index (χ1v) is 9.87. The van der Waals surface area contributed by atoms with Gasteiger partial charge in [0.15, 0.2) is 11.5 Å². The zero-order valence-corrected chi connectivity index (χ0v) is 16.5. The van der Waals surface area contributed by atoms with Gasteiger partial charge in [-0.15, -0.1) is 0 Å². The molecule has 0 radical (unpaired) electrons. The van der Waals surface area contributed by atoms with Gasteiger partial charge in [0.25, 0.3) is 0 Å². The summed E-state index contributed by atoms with van der Waals surface area (Å²) in [6.07, 6.45) is 1.64. The van der Waals surface area contributed by atoms with Crippen molar-refractivity contribution in [3.8, 4) is 11.5 Å². The maximum atomic E-state index is 13.1. The molecule has 3 aromatic rings. The molecule has 1 fully saturated rings. The van der Waals surface area contributed by atoms with Crippen molar-refractivity contribution in [1.82, 2.24) is 4.98 Å². The molecule has 29 heavy (non-hydrogen) atoms. The molecule has 1 aliphatic carbocycles. The lowest BCUT2D eigenvalue weighted by molar-refractivity contribution is -0.118. The Balaban J connectivity index is 0.00000218. The van der Waals surface area contributed by atoms with Crippen LogP contribution in [0, 0.1) is 0 Å². The van der Waals surface area contributed by atoms with Gasteiger partial charge in [-0.05, 0) is 54.8 Å². The summed E-state index contributed by atoms with van der Waals surface area (Å²) in [5.74, 6) is 1.43. The predicted molar refractivity (Wildman–Crippen MR) is 113 cm³/mol. The van der Waals surface area contributed by atoms with Gasteiger partial charge in [-0.1, -0.05) is 19.9 Å². The number of ether oxygens (including phenoxy) is 2. The first-order chi connectivity index (χ1) is 13.9. The third-order valence-electron chi connectivity index (χ3n) is 6.11. The van der Waals surface area contributed by atoms with E-state index in [2.05, 4.69) is 10.3 Å². The molecule has 0 atom stereocenters. The third-order valence-corrected chi connectivity index (χ3v) is 6.11. The largest absolute Gasteiger partial charge is 0.454 e. The topological polar surface area (TPSA) is 83.6 Å². The lowest BCUT2D eigenvalue weighted by Gasteiger charge is -2.19. The minimum absolute atomic E-state index is 0. The molecular weight excluding hydrogens is 368 g/mol. The Labute approximate surface area is 170 Å². The summed E-state index contributed by atoms with van der Waals surface area (Å²) in [5, 5.41) is 13.7. The molecule has 0 saturated heterocycles. The van der Waals surface area contributed by atoms with Gasteiger partial charge in [0.05, 0.1) is 12.0 Å². The Kier molecular flexibility index (Phi) is 3.90. The number of anilines is 1. The minimum Gasteiger partial charge on any atom is -0.454 e. The predicted octanol–water partition coefficient (Wildman–Crippen LogP) is 4.08. The summed E-state index contributed by atoms with van der Waals surface area (Å²) in [4.78, 5) is 16.5. The molecular formula is C23H26N2O4. The SMILES string of the molecule is CC(C)(CO)c1cc2cc(NC(=O)C3(c4ccc5c(c4)OCO5)CC3)ccc2[nH]1.[HH]. The highest BCUT2D eigenvalue weighted by Crippen LogP contribution is 2.51. The number of rotatable bonds is 5. The van der Waals surface area contributed by atoms with Gasteiger partial charge in [-0.3, -0.25) is 4.79 Å². The van der Waals surface area contributed by atoms with E-state index in [9.17, 15) is 9.90 Å². The molecule has 3 N–H and O–H groups in total. The second-order valence-corrected chi connectivity index (χ2v) is 8.63. The molecule has 1 aromatic heterocycles.